The van der Waals surface area contributed by atoms with Crippen LogP contribution >= 0.6 is 0 Å². The van der Waals surface area contributed by atoms with Crippen molar-refractivity contribution in [2.75, 3.05) is 6.61 Å². The normalized spacial score (nSPS) is 59.1. The fraction of sp³-hybridized carbons (Fsp3) is 1.00. The summed E-state index contributed by atoms with van der Waals surface area (Å²) in [5.74, 6) is 3.68. The summed E-state index contributed by atoms with van der Waals surface area (Å²) in [4.78, 5) is 0. The number of hydrogen-bond acceptors (Lipinski definition) is 2. The second-order valence-corrected chi connectivity index (χ2v) is 10.2. The summed E-state index contributed by atoms with van der Waals surface area (Å²) in [6, 6.07) is 0. The Balaban J connectivity index is 1.65. The monoisotopic (exact) mass is 320 g/mol. The minimum Gasteiger partial charge on any atom is -0.396 e. The predicted molar refractivity (Wildman–Crippen MR) is 92.9 cm³/mol. The van der Waals surface area contributed by atoms with Crippen molar-refractivity contribution in [3.63, 3.8) is 0 Å². The van der Waals surface area contributed by atoms with Crippen LogP contribution in [-0.4, -0.2) is 22.4 Å². The standard InChI is InChI=1S/C21H36O2/c1-19-10-4-5-14(13-22)16(19)7-6-15-17(19)8-11-20(2)18(15)9-12-21(20,3)23/h14-18,22-23H,4-13H2,1-3H3/t14-,15+,16-,17-,18-,19-,20-,21-/m0/s1. The van der Waals surface area contributed by atoms with E-state index in [0.717, 1.165) is 30.1 Å². The highest BCUT2D eigenvalue weighted by Gasteiger charge is 2.63. The van der Waals surface area contributed by atoms with Crippen molar-refractivity contribution in [3.8, 4) is 0 Å². The topological polar surface area (TPSA) is 40.5 Å². The molecule has 4 aliphatic carbocycles. The first-order valence-electron chi connectivity index (χ1n) is 10.2. The third-order valence-corrected chi connectivity index (χ3v) is 9.60. The second kappa shape index (κ2) is 5.21. The third-order valence-electron chi connectivity index (χ3n) is 9.60. The van der Waals surface area contributed by atoms with Crippen LogP contribution in [0.4, 0.5) is 0 Å². The first kappa shape index (κ1) is 16.4. The SMILES string of the molecule is C[C@]12CCC[C@@H](CO)[C@@H]1CC[C@@H]1[C@@H]2CC[C@@]2(C)[C@H]1CC[C@]2(C)O. The van der Waals surface area contributed by atoms with Gasteiger partial charge >= 0.3 is 0 Å². The molecule has 0 saturated heterocycles. The Labute approximate surface area is 142 Å². The van der Waals surface area contributed by atoms with Gasteiger partial charge in [0.25, 0.3) is 0 Å². The molecule has 0 spiro atoms. The summed E-state index contributed by atoms with van der Waals surface area (Å²) < 4.78 is 0. The fourth-order valence-electron chi connectivity index (χ4n) is 8.04. The van der Waals surface area contributed by atoms with Gasteiger partial charge in [0.1, 0.15) is 0 Å². The fourth-order valence-corrected chi connectivity index (χ4v) is 8.04. The van der Waals surface area contributed by atoms with E-state index in [0.29, 0.717) is 17.9 Å². The molecule has 0 unspecified atom stereocenters. The van der Waals surface area contributed by atoms with Gasteiger partial charge in [-0.25, -0.2) is 0 Å². The van der Waals surface area contributed by atoms with Gasteiger partial charge < -0.3 is 10.2 Å². The van der Waals surface area contributed by atoms with Crippen LogP contribution in [0.25, 0.3) is 0 Å². The van der Waals surface area contributed by atoms with E-state index >= 15 is 0 Å². The largest absolute Gasteiger partial charge is 0.396 e. The van der Waals surface area contributed by atoms with Crippen LogP contribution in [0.5, 0.6) is 0 Å². The highest BCUT2D eigenvalue weighted by Crippen LogP contribution is 2.68. The van der Waals surface area contributed by atoms with Crippen molar-refractivity contribution < 1.29 is 10.2 Å². The van der Waals surface area contributed by atoms with Crippen LogP contribution in [0.1, 0.15) is 78.6 Å². The molecule has 4 saturated carbocycles. The molecule has 0 bridgehead atoms. The molecule has 2 nitrogen and oxygen atoms in total. The summed E-state index contributed by atoms with van der Waals surface area (Å²) in [5, 5.41) is 20.9. The molecule has 8 atom stereocenters. The van der Waals surface area contributed by atoms with Crippen molar-refractivity contribution in [2.45, 2.75) is 84.2 Å². The molecule has 0 heterocycles. The van der Waals surface area contributed by atoms with Crippen molar-refractivity contribution in [2.24, 2.45) is 40.4 Å². The average molecular weight is 321 g/mol. The van der Waals surface area contributed by atoms with Crippen LogP contribution in [-0.2, 0) is 0 Å². The Hall–Kier alpha value is -0.0800. The second-order valence-electron chi connectivity index (χ2n) is 10.2. The molecule has 0 aromatic heterocycles. The van der Waals surface area contributed by atoms with Crippen molar-refractivity contribution in [3.05, 3.63) is 0 Å². The van der Waals surface area contributed by atoms with Gasteiger partial charge in [0, 0.05) is 6.61 Å². The van der Waals surface area contributed by atoms with Gasteiger partial charge in [0.15, 0.2) is 0 Å². The van der Waals surface area contributed by atoms with E-state index in [1.54, 1.807) is 0 Å². The van der Waals surface area contributed by atoms with Gasteiger partial charge in [-0.1, -0.05) is 20.3 Å². The predicted octanol–water partition coefficient (Wildman–Crippen LogP) is 4.39. The molecule has 23 heavy (non-hydrogen) atoms. The molecule has 4 fully saturated rings. The zero-order valence-electron chi connectivity index (χ0n) is 15.4. The van der Waals surface area contributed by atoms with Gasteiger partial charge in [-0.3, -0.25) is 0 Å². The molecule has 4 aliphatic rings. The number of fused-ring (bicyclic) bond motifs is 5. The van der Waals surface area contributed by atoms with Gasteiger partial charge in [0.2, 0.25) is 0 Å². The van der Waals surface area contributed by atoms with Crippen LogP contribution in [0.15, 0.2) is 0 Å². The zero-order valence-corrected chi connectivity index (χ0v) is 15.4. The number of rotatable bonds is 1. The summed E-state index contributed by atoms with van der Waals surface area (Å²) in [6.45, 7) is 7.44. The van der Waals surface area contributed by atoms with Crippen LogP contribution < -0.4 is 0 Å². The highest BCUT2D eigenvalue weighted by atomic mass is 16.3. The van der Waals surface area contributed by atoms with Crippen LogP contribution in [0.3, 0.4) is 0 Å². The number of hydrogen-bond donors (Lipinski definition) is 2. The first-order chi connectivity index (χ1) is 10.8. The molecule has 132 valence electrons. The Morgan fingerprint density at radius 3 is 2.30 bits per heavy atom. The Bertz CT molecular complexity index is 472. The smallest absolute Gasteiger partial charge is 0.0675 e. The zero-order chi connectivity index (χ0) is 16.5. The maximum absolute atomic E-state index is 11.0. The Kier molecular flexibility index (Phi) is 3.71. The van der Waals surface area contributed by atoms with E-state index in [-0.39, 0.29) is 5.41 Å². The molecule has 0 amide bonds. The first-order valence-corrected chi connectivity index (χ1v) is 10.2. The molecule has 0 aromatic carbocycles. The van der Waals surface area contributed by atoms with E-state index in [4.69, 9.17) is 0 Å². The minimum atomic E-state index is -0.458. The summed E-state index contributed by atoms with van der Waals surface area (Å²) >= 11 is 0. The van der Waals surface area contributed by atoms with Crippen LogP contribution in [0.2, 0.25) is 0 Å². The van der Waals surface area contributed by atoms with Crippen molar-refractivity contribution in [1.82, 2.24) is 0 Å². The molecular weight excluding hydrogens is 284 g/mol. The summed E-state index contributed by atoms with van der Waals surface area (Å²) in [7, 11) is 0. The quantitative estimate of drug-likeness (QED) is 0.752. The van der Waals surface area contributed by atoms with Crippen molar-refractivity contribution in [1.29, 1.82) is 0 Å². The summed E-state index contributed by atoms with van der Waals surface area (Å²) in [5.41, 5.74) is 0.132. The lowest BCUT2D eigenvalue weighted by Crippen LogP contribution is -2.56. The molecule has 0 aromatic rings. The lowest BCUT2D eigenvalue weighted by atomic mass is 9.43. The molecule has 2 heteroatoms. The minimum absolute atomic E-state index is 0.141. The van der Waals surface area contributed by atoms with Gasteiger partial charge in [0.05, 0.1) is 5.60 Å². The van der Waals surface area contributed by atoms with E-state index < -0.39 is 5.60 Å². The third kappa shape index (κ3) is 2.06. The van der Waals surface area contributed by atoms with E-state index in [1.165, 1.54) is 51.4 Å². The Morgan fingerprint density at radius 2 is 1.57 bits per heavy atom. The molecule has 4 rings (SSSR count). The molecule has 2 N–H and O–H groups in total. The van der Waals surface area contributed by atoms with Crippen molar-refractivity contribution >= 4 is 0 Å². The van der Waals surface area contributed by atoms with E-state index in [9.17, 15) is 10.2 Å². The van der Waals surface area contributed by atoms with Gasteiger partial charge in [-0.2, -0.15) is 0 Å². The maximum atomic E-state index is 11.0. The number of aliphatic hydroxyl groups excluding tert-OH is 1. The molecule has 0 radical (unpaired) electrons. The molecule has 0 aliphatic heterocycles. The molecular formula is C21H36O2. The average Bonchev–Trinajstić information content (AvgIpc) is 2.76. The summed E-state index contributed by atoms with van der Waals surface area (Å²) in [6.07, 6.45) is 11.3. The Morgan fingerprint density at radius 1 is 0.826 bits per heavy atom. The number of aliphatic hydroxyl groups is 2. The van der Waals surface area contributed by atoms with Crippen LogP contribution in [0, 0.1) is 40.4 Å². The van der Waals surface area contributed by atoms with E-state index in [2.05, 4.69) is 20.8 Å². The lowest BCUT2D eigenvalue weighted by molar-refractivity contribution is -0.157. The maximum Gasteiger partial charge on any atom is 0.0675 e. The van der Waals surface area contributed by atoms with Gasteiger partial charge in [-0.15, -0.1) is 0 Å². The lowest BCUT2D eigenvalue weighted by Gasteiger charge is -2.62. The van der Waals surface area contributed by atoms with Gasteiger partial charge in [-0.05, 0) is 98.7 Å². The highest BCUT2D eigenvalue weighted by molar-refractivity contribution is 5.13. The van der Waals surface area contributed by atoms with E-state index in [1.807, 2.05) is 0 Å².